The molecule has 2 nitrogen and oxygen atoms in total. The summed E-state index contributed by atoms with van der Waals surface area (Å²) in [6.45, 7) is 2.82. The van der Waals surface area contributed by atoms with Crippen LogP contribution in [0.5, 0.6) is 0 Å². The molecule has 1 aromatic carbocycles. The van der Waals surface area contributed by atoms with Crippen LogP contribution in [0.15, 0.2) is 30.3 Å². The fraction of sp³-hybridized carbons (Fsp3) is 0.417. The molecule has 0 saturated heterocycles. The van der Waals surface area contributed by atoms with Gasteiger partial charge in [0.2, 0.25) is 0 Å². The highest BCUT2D eigenvalue weighted by Crippen LogP contribution is 2.23. The summed E-state index contributed by atoms with van der Waals surface area (Å²) in [6, 6.07) is 12.3. The monoisotopic (exact) mass is 220 g/mol. The van der Waals surface area contributed by atoms with Gasteiger partial charge in [0.05, 0.1) is 6.07 Å². The van der Waals surface area contributed by atoms with Crippen LogP contribution in [0.4, 0.5) is 0 Å². The lowest BCUT2D eigenvalue weighted by atomic mass is 9.93. The summed E-state index contributed by atoms with van der Waals surface area (Å²) in [5, 5.41) is 12.6. The van der Waals surface area contributed by atoms with E-state index in [1.54, 1.807) is 11.8 Å². The second-order valence-corrected chi connectivity index (χ2v) is 4.21. The summed E-state index contributed by atoms with van der Waals surface area (Å²) in [7, 11) is 0. The molecule has 15 heavy (non-hydrogen) atoms. The standard InChI is InChI=1S/C12H16N2S/c1-3-14-12(9-13,10-15-2)11-7-5-4-6-8-11/h4-8,14H,3,10H2,1-2H3. The van der Waals surface area contributed by atoms with Crippen molar-refractivity contribution in [2.45, 2.75) is 12.5 Å². The highest BCUT2D eigenvalue weighted by Gasteiger charge is 2.30. The number of hydrogen-bond acceptors (Lipinski definition) is 3. The van der Waals surface area contributed by atoms with Crippen LogP contribution < -0.4 is 5.32 Å². The topological polar surface area (TPSA) is 35.8 Å². The van der Waals surface area contributed by atoms with Crippen LogP contribution in [0.3, 0.4) is 0 Å². The van der Waals surface area contributed by atoms with Crippen molar-refractivity contribution in [3.05, 3.63) is 35.9 Å². The molecule has 0 radical (unpaired) electrons. The average molecular weight is 220 g/mol. The van der Waals surface area contributed by atoms with E-state index in [1.165, 1.54) is 0 Å². The minimum atomic E-state index is -0.546. The molecule has 0 heterocycles. The first-order valence-corrected chi connectivity index (χ1v) is 6.39. The highest BCUT2D eigenvalue weighted by atomic mass is 32.2. The zero-order valence-electron chi connectivity index (χ0n) is 9.16. The lowest BCUT2D eigenvalue weighted by Gasteiger charge is -2.27. The Bertz CT molecular complexity index is 323. The van der Waals surface area contributed by atoms with E-state index in [2.05, 4.69) is 11.4 Å². The van der Waals surface area contributed by atoms with E-state index < -0.39 is 5.54 Å². The van der Waals surface area contributed by atoms with Crippen molar-refractivity contribution in [1.82, 2.24) is 5.32 Å². The van der Waals surface area contributed by atoms with Crippen LogP contribution in [0.1, 0.15) is 12.5 Å². The number of nitriles is 1. The summed E-state index contributed by atoms with van der Waals surface area (Å²) in [5.74, 6) is 0.765. The Labute approximate surface area is 95.7 Å². The minimum absolute atomic E-state index is 0.546. The predicted molar refractivity (Wildman–Crippen MR) is 65.8 cm³/mol. The zero-order chi connectivity index (χ0) is 11.1. The van der Waals surface area contributed by atoms with Crippen LogP contribution >= 0.6 is 11.8 Å². The molecule has 1 N–H and O–H groups in total. The van der Waals surface area contributed by atoms with Gasteiger partial charge >= 0.3 is 0 Å². The van der Waals surface area contributed by atoms with Gasteiger partial charge in [-0.3, -0.25) is 5.32 Å². The molecular weight excluding hydrogens is 204 g/mol. The van der Waals surface area contributed by atoms with Crippen LogP contribution in [0.25, 0.3) is 0 Å². The normalized spacial score (nSPS) is 14.2. The minimum Gasteiger partial charge on any atom is -0.295 e. The predicted octanol–water partition coefficient (Wildman–Crippen LogP) is 2.38. The third kappa shape index (κ3) is 2.74. The first-order chi connectivity index (χ1) is 7.29. The average Bonchev–Trinajstić information content (AvgIpc) is 2.30. The maximum atomic E-state index is 9.37. The summed E-state index contributed by atoms with van der Waals surface area (Å²) < 4.78 is 0. The van der Waals surface area contributed by atoms with Crippen LogP contribution in [-0.2, 0) is 5.54 Å². The van der Waals surface area contributed by atoms with Crippen molar-refractivity contribution in [2.24, 2.45) is 0 Å². The molecule has 3 heteroatoms. The Morgan fingerprint density at radius 3 is 2.53 bits per heavy atom. The molecule has 0 aliphatic carbocycles. The van der Waals surface area contributed by atoms with Crippen LogP contribution in [-0.4, -0.2) is 18.6 Å². The van der Waals surface area contributed by atoms with Gasteiger partial charge in [-0.2, -0.15) is 17.0 Å². The number of nitrogens with one attached hydrogen (secondary N) is 1. The molecular formula is C12H16N2S. The second kappa shape index (κ2) is 5.79. The molecule has 0 aliphatic heterocycles. The quantitative estimate of drug-likeness (QED) is 0.827. The number of rotatable bonds is 5. The summed E-state index contributed by atoms with van der Waals surface area (Å²) in [6.07, 6.45) is 2.02. The van der Waals surface area contributed by atoms with Gasteiger partial charge in [-0.15, -0.1) is 0 Å². The Balaban J connectivity index is 3.05. The van der Waals surface area contributed by atoms with E-state index in [0.717, 1.165) is 17.9 Å². The third-order valence-corrected chi connectivity index (χ3v) is 3.02. The lowest BCUT2D eigenvalue weighted by Crippen LogP contribution is -2.43. The van der Waals surface area contributed by atoms with Gasteiger partial charge in [-0.25, -0.2) is 0 Å². The lowest BCUT2D eigenvalue weighted by molar-refractivity contribution is 0.490. The maximum absolute atomic E-state index is 9.37. The van der Waals surface area contributed by atoms with E-state index >= 15 is 0 Å². The van der Waals surface area contributed by atoms with E-state index in [0.29, 0.717) is 0 Å². The Hall–Kier alpha value is -0.980. The smallest absolute Gasteiger partial charge is 0.141 e. The Kier molecular flexibility index (Phi) is 4.67. The van der Waals surface area contributed by atoms with E-state index in [4.69, 9.17) is 0 Å². The fourth-order valence-corrected chi connectivity index (χ4v) is 2.38. The Morgan fingerprint density at radius 1 is 1.40 bits per heavy atom. The van der Waals surface area contributed by atoms with Crippen molar-refractivity contribution < 1.29 is 0 Å². The van der Waals surface area contributed by atoms with Crippen molar-refractivity contribution in [1.29, 1.82) is 5.26 Å². The van der Waals surface area contributed by atoms with E-state index in [9.17, 15) is 5.26 Å². The molecule has 0 fully saturated rings. The molecule has 1 aromatic rings. The molecule has 0 amide bonds. The van der Waals surface area contributed by atoms with Crippen molar-refractivity contribution in [3.8, 4) is 6.07 Å². The van der Waals surface area contributed by atoms with Gasteiger partial charge in [0, 0.05) is 5.75 Å². The first kappa shape index (κ1) is 12.1. The van der Waals surface area contributed by atoms with Crippen molar-refractivity contribution in [3.63, 3.8) is 0 Å². The molecule has 0 spiro atoms. The SMILES string of the molecule is CCNC(C#N)(CSC)c1ccccc1. The van der Waals surface area contributed by atoms with E-state index in [1.807, 2.05) is 43.5 Å². The van der Waals surface area contributed by atoms with Gasteiger partial charge in [0.15, 0.2) is 0 Å². The first-order valence-electron chi connectivity index (χ1n) is 5.00. The fourth-order valence-electron chi connectivity index (χ4n) is 1.61. The molecule has 0 bridgehead atoms. The Morgan fingerprint density at radius 2 is 2.07 bits per heavy atom. The van der Waals surface area contributed by atoms with Gasteiger partial charge < -0.3 is 0 Å². The maximum Gasteiger partial charge on any atom is 0.141 e. The van der Waals surface area contributed by atoms with Gasteiger partial charge in [0.1, 0.15) is 5.54 Å². The van der Waals surface area contributed by atoms with Crippen molar-refractivity contribution in [2.75, 3.05) is 18.6 Å². The molecule has 80 valence electrons. The highest BCUT2D eigenvalue weighted by molar-refractivity contribution is 7.98. The molecule has 0 aliphatic rings. The molecule has 0 saturated carbocycles. The number of nitrogens with zero attached hydrogens (tertiary/aromatic N) is 1. The largest absolute Gasteiger partial charge is 0.295 e. The molecule has 0 aromatic heterocycles. The van der Waals surface area contributed by atoms with Crippen molar-refractivity contribution >= 4 is 11.8 Å². The van der Waals surface area contributed by atoms with Gasteiger partial charge in [-0.05, 0) is 18.4 Å². The molecule has 1 atom stereocenters. The molecule has 1 unspecified atom stereocenters. The second-order valence-electron chi connectivity index (χ2n) is 3.35. The van der Waals surface area contributed by atoms with Crippen LogP contribution in [0, 0.1) is 11.3 Å². The number of thioether (sulfide) groups is 1. The number of benzene rings is 1. The van der Waals surface area contributed by atoms with E-state index in [-0.39, 0.29) is 0 Å². The third-order valence-electron chi connectivity index (χ3n) is 2.30. The number of hydrogen-bond donors (Lipinski definition) is 1. The molecule has 1 rings (SSSR count). The summed E-state index contributed by atoms with van der Waals surface area (Å²) >= 11 is 1.68. The summed E-state index contributed by atoms with van der Waals surface area (Å²) in [5.41, 5.74) is 0.499. The van der Waals surface area contributed by atoms with Gasteiger partial charge in [0.25, 0.3) is 0 Å². The van der Waals surface area contributed by atoms with Crippen LogP contribution in [0.2, 0.25) is 0 Å². The van der Waals surface area contributed by atoms with Gasteiger partial charge in [-0.1, -0.05) is 37.3 Å². The zero-order valence-corrected chi connectivity index (χ0v) is 9.97. The summed E-state index contributed by atoms with van der Waals surface area (Å²) in [4.78, 5) is 0.